The van der Waals surface area contributed by atoms with Gasteiger partial charge in [-0.05, 0) is 12.5 Å². The van der Waals surface area contributed by atoms with Gasteiger partial charge in [0.25, 0.3) is 5.91 Å². The Bertz CT molecular complexity index is 660. The number of amides is 1. The average Bonchev–Trinajstić information content (AvgIpc) is 2.76. The van der Waals surface area contributed by atoms with Gasteiger partial charge in [-0.15, -0.1) is 0 Å². The Hall–Kier alpha value is -1.60. The third kappa shape index (κ3) is 4.18. The Morgan fingerprint density at radius 2 is 2.33 bits per heavy atom. The second-order valence-electron chi connectivity index (χ2n) is 4.65. The summed E-state index contributed by atoms with van der Waals surface area (Å²) < 4.78 is 28.0. The van der Waals surface area contributed by atoms with Crippen molar-refractivity contribution in [2.45, 2.75) is 12.5 Å². The Morgan fingerprint density at radius 3 is 2.95 bits per heavy atom. The third-order valence-electron chi connectivity index (χ3n) is 2.95. The van der Waals surface area contributed by atoms with Crippen LogP contribution in [-0.2, 0) is 9.84 Å². The summed E-state index contributed by atoms with van der Waals surface area (Å²) in [5, 5.41) is 2.81. The van der Waals surface area contributed by atoms with Crippen LogP contribution in [0.2, 0.25) is 5.02 Å². The van der Waals surface area contributed by atoms with Gasteiger partial charge in [0.2, 0.25) is 5.88 Å². The molecule has 1 fully saturated rings. The third-order valence-corrected chi connectivity index (χ3v) is 5.03. The number of nitrogens with zero attached hydrogens (tertiary/aromatic N) is 1. The number of carbonyl (C=O) groups excluding carboxylic acids is 1. The second-order valence-corrected chi connectivity index (χ2v) is 7.29. The summed E-state index contributed by atoms with van der Waals surface area (Å²) in [5.74, 6) is -0.223. The fourth-order valence-corrected chi connectivity index (χ4v) is 3.84. The zero-order valence-electron chi connectivity index (χ0n) is 11.2. The maximum absolute atomic E-state index is 12.1. The molecule has 8 heteroatoms. The molecule has 0 saturated carbocycles. The van der Waals surface area contributed by atoms with Crippen molar-refractivity contribution in [1.82, 2.24) is 10.3 Å². The molecule has 1 aromatic heterocycles. The van der Waals surface area contributed by atoms with Crippen molar-refractivity contribution in [3.63, 3.8) is 0 Å². The number of halogens is 1. The van der Waals surface area contributed by atoms with Crippen LogP contribution in [0.3, 0.4) is 0 Å². The Kier molecular flexibility index (Phi) is 4.84. The number of hydrogen-bond donors (Lipinski definition) is 1. The summed E-state index contributed by atoms with van der Waals surface area (Å²) in [5.41, 5.74) is 0.0162. The van der Waals surface area contributed by atoms with Gasteiger partial charge in [0.05, 0.1) is 16.5 Å². The molecule has 21 heavy (non-hydrogen) atoms. The molecular formula is C13H15ClN2O4S. The first kappa shape index (κ1) is 15.8. The normalized spacial score (nSPS) is 20.0. The van der Waals surface area contributed by atoms with Crippen molar-refractivity contribution in [1.29, 1.82) is 0 Å². The molecule has 114 valence electrons. The number of sulfone groups is 1. The molecule has 1 amide bonds. The fraction of sp³-hybridized carbons (Fsp3) is 0.385. The van der Waals surface area contributed by atoms with Crippen molar-refractivity contribution in [2.24, 2.45) is 0 Å². The summed E-state index contributed by atoms with van der Waals surface area (Å²) in [4.78, 5) is 16.2. The van der Waals surface area contributed by atoms with E-state index in [1.165, 1.54) is 6.07 Å². The minimum atomic E-state index is -3.06. The van der Waals surface area contributed by atoms with E-state index in [0.717, 1.165) is 0 Å². The SMILES string of the molecule is C=CCOc1ccc(Cl)c(C(=O)NC2CCS(=O)(=O)C2)n1. The second kappa shape index (κ2) is 6.44. The molecule has 0 spiro atoms. The number of rotatable bonds is 5. The molecule has 1 aliphatic rings. The first-order chi connectivity index (χ1) is 9.91. The molecule has 0 aromatic carbocycles. The fourth-order valence-electron chi connectivity index (χ4n) is 1.97. The number of ether oxygens (including phenoxy) is 1. The van der Waals surface area contributed by atoms with Gasteiger partial charge in [-0.25, -0.2) is 13.4 Å². The van der Waals surface area contributed by atoms with Crippen LogP contribution in [0.4, 0.5) is 0 Å². The first-order valence-electron chi connectivity index (χ1n) is 6.33. The maximum atomic E-state index is 12.1. The molecule has 1 aliphatic heterocycles. The van der Waals surface area contributed by atoms with Crippen LogP contribution in [0, 0.1) is 0 Å². The minimum Gasteiger partial charge on any atom is -0.473 e. The van der Waals surface area contributed by atoms with Crippen LogP contribution >= 0.6 is 11.6 Å². The Morgan fingerprint density at radius 1 is 1.57 bits per heavy atom. The topological polar surface area (TPSA) is 85.4 Å². The van der Waals surface area contributed by atoms with E-state index in [2.05, 4.69) is 16.9 Å². The van der Waals surface area contributed by atoms with Gasteiger partial charge < -0.3 is 10.1 Å². The lowest BCUT2D eigenvalue weighted by Gasteiger charge is -2.12. The highest BCUT2D eigenvalue weighted by atomic mass is 35.5. The lowest BCUT2D eigenvalue weighted by Crippen LogP contribution is -2.36. The lowest BCUT2D eigenvalue weighted by molar-refractivity contribution is 0.0935. The lowest BCUT2D eigenvalue weighted by atomic mass is 10.2. The average molecular weight is 331 g/mol. The number of nitrogens with one attached hydrogen (secondary N) is 1. The molecule has 0 aliphatic carbocycles. The van der Waals surface area contributed by atoms with Crippen molar-refractivity contribution in [3.05, 3.63) is 35.5 Å². The number of pyridine rings is 1. The van der Waals surface area contributed by atoms with Gasteiger partial charge in [-0.1, -0.05) is 24.3 Å². The van der Waals surface area contributed by atoms with Crippen molar-refractivity contribution in [2.75, 3.05) is 18.1 Å². The Balaban J connectivity index is 2.09. The van der Waals surface area contributed by atoms with Crippen LogP contribution in [0.1, 0.15) is 16.9 Å². The minimum absolute atomic E-state index is 0.0162. The van der Waals surface area contributed by atoms with Gasteiger partial charge in [0.15, 0.2) is 15.5 Å². The standard InChI is InChI=1S/C13H15ClN2O4S/c1-2-6-20-11-4-3-10(14)12(16-11)13(17)15-9-5-7-21(18,19)8-9/h2-4,9H,1,5-8H2,(H,15,17). The van der Waals surface area contributed by atoms with Gasteiger partial charge >= 0.3 is 0 Å². The van der Waals surface area contributed by atoms with Gasteiger partial charge in [-0.2, -0.15) is 0 Å². The van der Waals surface area contributed by atoms with Crippen LogP contribution in [0.25, 0.3) is 0 Å². The molecule has 0 bridgehead atoms. The highest BCUT2D eigenvalue weighted by Crippen LogP contribution is 2.19. The molecule has 1 saturated heterocycles. The smallest absolute Gasteiger partial charge is 0.271 e. The van der Waals surface area contributed by atoms with E-state index >= 15 is 0 Å². The van der Waals surface area contributed by atoms with Crippen LogP contribution in [0.15, 0.2) is 24.8 Å². The van der Waals surface area contributed by atoms with E-state index in [0.29, 0.717) is 6.42 Å². The molecule has 2 rings (SSSR count). The molecular weight excluding hydrogens is 316 g/mol. The summed E-state index contributed by atoms with van der Waals surface area (Å²) in [6, 6.07) is 2.65. The number of aromatic nitrogens is 1. The van der Waals surface area contributed by atoms with E-state index < -0.39 is 21.8 Å². The summed E-state index contributed by atoms with van der Waals surface area (Å²) in [6.45, 7) is 3.78. The summed E-state index contributed by atoms with van der Waals surface area (Å²) in [7, 11) is -3.06. The monoisotopic (exact) mass is 330 g/mol. The van der Waals surface area contributed by atoms with E-state index in [4.69, 9.17) is 16.3 Å². The Labute approximate surface area is 128 Å². The van der Waals surface area contributed by atoms with Gasteiger partial charge in [0.1, 0.15) is 6.61 Å². The number of hydrogen-bond acceptors (Lipinski definition) is 5. The van der Waals surface area contributed by atoms with E-state index in [9.17, 15) is 13.2 Å². The molecule has 1 unspecified atom stereocenters. The van der Waals surface area contributed by atoms with Gasteiger partial charge in [-0.3, -0.25) is 4.79 Å². The van der Waals surface area contributed by atoms with E-state index in [1.807, 2.05) is 0 Å². The highest BCUT2D eigenvalue weighted by Gasteiger charge is 2.29. The molecule has 1 aromatic rings. The van der Waals surface area contributed by atoms with E-state index in [-0.39, 0.29) is 34.7 Å². The zero-order chi connectivity index (χ0) is 15.5. The van der Waals surface area contributed by atoms with Crippen molar-refractivity contribution in [3.8, 4) is 5.88 Å². The predicted molar refractivity (Wildman–Crippen MR) is 79.5 cm³/mol. The predicted octanol–water partition coefficient (Wildman–Crippen LogP) is 1.22. The van der Waals surface area contributed by atoms with E-state index in [1.54, 1.807) is 12.1 Å². The first-order valence-corrected chi connectivity index (χ1v) is 8.53. The van der Waals surface area contributed by atoms with Crippen molar-refractivity contribution < 1.29 is 17.9 Å². The molecule has 2 heterocycles. The highest BCUT2D eigenvalue weighted by molar-refractivity contribution is 7.91. The quantitative estimate of drug-likeness (QED) is 0.820. The van der Waals surface area contributed by atoms with Crippen molar-refractivity contribution >= 4 is 27.3 Å². The number of carbonyl (C=O) groups is 1. The maximum Gasteiger partial charge on any atom is 0.271 e. The largest absolute Gasteiger partial charge is 0.473 e. The molecule has 1 atom stereocenters. The van der Waals surface area contributed by atoms with Crippen LogP contribution < -0.4 is 10.1 Å². The summed E-state index contributed by atoms with van der Waals surface area (Å²) in [6.07, 6.45) is 1.96. The molecule has 6 nitrogen and oxygen atoms in total. The van der Waals surface area contributed by atoms with Gasteiger partial charge in [0, 0.05) is 12.1 Å². The zero-order valence-corrected chi connectivity index (χ0v) is 12.8. The van der Waals surface area contributed by atoms with Crippen LogP contribution in [-0.4, -0.2) is 43.5 Å². The molecule has 1 N–H and O–H groups in total. The summed E-state index contributed by atoms with van der Waals surface area (Å²) >= 11 is 5.95. The molecule has 0 radical (unpaired) electrons. The van der Waals surface area contributed by atoms with Crippen LogP contribution in [0.5, 0.6) is 5.88 Å².